The Labute approximate surface area is 170 Å². The molecule has 4 rings (SSSR count). The number of hydrogen-bond acceptors (Lipinski definition) is 4. The average Bonchev–Trinajstić information content (AvgIpc) is 3.01. The van der Waals surface area contributed by atoms with Crippen LogP contribution in [0.15, 0.2) is 0 Å². The van der Waals surface area contributed by atoms with Crippen molar-refractivity contribution in [1.82, 2.24) is 0 Å². The number of rotatable bonds is 4. The molecule has 4 saturated carbocycles. The van der Waals surface area contributed by atoms with Gasteiger partial charge in [0, 0.05) is 6.61 Å². The summed E-state index contributed by atoms with van der Waals surface area (Å²) in [5.41, 5.74) is 0.0282. The van der Waals surface area contributed by atoms with Gasteiger partial charge in [0.15, 0.2) is 0 Å². The van der Waals surface area contributed by atoms with E-state index in [2.05, 4.69) is 20.8 Å². The molecule has 0 amide bonds. The fourth-order valence-corrected chi connectivity index (χ4v) is 8.75. The van der Waals surface area contributed by atoms with E-state index in [9.17, 15) is 20.4 Å². The highest BCUT2D eigenvalue weighted by Crippen LogP contribution is 2.68. The maximum Gasteiger partial charge on any atom is 0.0602 e. The number of hydrogen-bond donors (Lipinski definition) is 4. The molecule has 4 heteroatoms. The normalized spacial score (nSPS) is 54.5. The lowest BCUT2D eigenvalue weighted by atomic mass is 9.43. The van der Waals surface area contributed by atoms with Crippen molar-refractivity contribution in [1.29, 1.82) is 0 Å². The van der Waals surface area contributed by atoms with Crippen LogP contribution in [0, 0.1) is 46.3 Å². The highest BCUT2D eigenvalue weighted by molar-refractivity contribution is 5.14. The Morgan fingerprint density at radius 2 is 1.71 bits per heavy atom. The minimum Gasteiger partial charge on any atom is -0.396 e. The van der Waals surface area contributed by atoms with E-state index < -0.39 is 0 Å². The molecule has 0 aromatic rings. The van der Waals surface area contributed by atoms with Crippen molar-refractivity contribution in [3.05, 3.63) is 0 Å². The van der Waals surface area contributed by atoms with Gasteiger partial charge in [-0.15, -0.1) is 0 Å². The fraction of sp³-hybridized carbons (Fsp3) is 1.00. The van der Waals surface area contributed by atoms with Gasteiger partial charge in [0.25, 0.3) is 0 Å². The van der Waals surface area contributed by atoms with Gasteiger partial charge in [-0.2, -0.15) is 0 Å². The zero-order chi connectivity index (χ0) is 20.3. The Hall–Kier alpha value is -0.160. The van der Waals surface area contributed by atoms with Gasteiger partial charge in [-0.1, -0.05) is 20.8 Å². The Kier molecular flexibility index (Phi) is 5.66. The largest absolute Gasteiger partial charge is 0.396 e. The number of fused-ring (bicyclic) bond motifs is 5. The first kappa shape index (κ1) is 21.1. The van der Waals surface area contributed by atoms with Crippen molar-refractivity contribution >= 4 is 0 Å². The van der Waals surface area contributed by atoms with E-state index in [1.165, 1.54) is 0 Å². The Morgan fingerprint density at radius 3 is 2.43 bits per heavy atom. The Balaban J connectivity index is 1.62. The van der Waals surface area contributed by atoms with Crippen LogP contribution < -0.4 is 0 Å². The molecule has 0 bridgehead atoms. The highest BCUT2D eigenvalue weighted by atomic mass is 16.3. The van der Waals surface area contributed by atoms with Crippen molar-refractivity contribution in [3.63, 3.8) is 0 Å². The first-order chi connectivity index (χ1) is 13.2. The van der Waals surface area contributed by atoms with Crippen LogP contribution in [0.25, 0.3) is 0 Å². The van der Waals surface area contributed by atoms with Gasteiger partial charge in [-0.25, -0.2) is 0 Å². The molecule has 0 unspecified atom stereocenters. The molecule has 0 spiro atoms. The Bertz CT molecular complexity index is 567. The summed E-state index contributed by atoms with van der Waals surface area (Å²) in [4.78, 5) is 0. The summed E-state index contributed by atoms with van der Waals surface area (Å²) in [6, 6.07) is 0. The van der Waals surface area contributed by atoms with Crippen LogP contribution in [0.4, 0.5) is 0 Å². The molecule has 0 aliphatic heterocycles. The van der Waals surface area contributed by atoms with Gasteiger partial charge < -0.3 is 20.4 Å². The van der Waals surface area contributed by atoms with Gasteiger partial charge >= 0.3 is 0 Å². The quantitative estimate of drug-likeness (QED) is 0.589. The lowest BCUT2D eigenvalue weighted by Gasteiger charge is -2.63. The summed E-state index contributed by atoms with van der Waals surface area (Å²) in [6.07, 6.45) is 7.62. The highest BCUT2D eigenvalue weighted by Gasteiger charge is 2.65. The van der Waals surface area contributed by atoms with Crippen molar-refractivity contribution in [2.24, 2.45) is 46.3 Å². The van der Waals surface area contributed by atoms with Crippen molar-refractivity contribution in [3.8, 4) is 0 Å². The smallest absolute Gasteiger partial charge is 0.0602 e. The first-order valence-electron chi connectivity index (χ1n) is 11.9. The summed E-state index contributed by atoms with van der Waals surface area (Å²) >= 11 is 0. The number of aliphatic hydroxyl groups is 4. The van der Waals surface area contributed by atoms with E-state index in [1.807, 2.05) is 0 Å². The second kappa shape index (κ2) is 7.51. The standard InChI is InChI=1S/C24H42O4/c1-14(5-4-10-25)17-6-7-18-22-19(13-21(28)24(17,18)3)23(2)9-8-16(26)11-15(23)12-20(22)27/h14-22,25-28H,4-13H2,1-3H3/t14-,15-,16-,17-,18-,19+,20-,21+,22-,23+,24-/m1/s1. The SMILES string of the molecule is C[C@H](CCCO)[C@H]1CC[C@@H]2[C@H]3[C@H](O)C[C@H]4C[C@H](O)CC[C@]4(C)[C@H]3C[C@H](O)[C@@]21C. The van der Waals surface area contributed by atoms with Crippen LogP contribution in [-0.4, -0.2) is 45.3 Å². The van der Waals surface area contributed by atoms with E-state index in [4.69, 9.17) is 0 Å². The maximum atomic E-state index is 11.5. The van der Waals surface area contributed by atoms with Gasteiger partial charge in [-0.3, -0.25) is 0 Å². The molecule has 0 heterocycles. The van der Waals surface area contributed by atoms with Crippen molar-refractivity contribution < 1.29 is 20.4 Å². The molecule has 0 saturated heterocycles. The third kappa shape index (κ3) is 3.01. The summed E-state index contributed by atoms with van der Waals surface area (Å²) < 4.78 is 0. The third-order valence-electron chi connectivity index (χ3n) is 10.3. The molecule has 162 valence electrons. The van der Waals surface area contributed by atoms with E-state index in [0.29, 0.717) is 35.5 Å². The van der Waals surface area contributed by atoms with Gasteiger partial charge in [-0.05, 0) is 104 Å². The summed E-state index contributed by atoms with van der Waals surface area (Å²) in [5.74, 6) is 2.41. The monoisotopic (exact) mass is 394 g/mol. The van der Waals surface area contributed by atoms with Gasteiger partial charge in [0.2, 0.25) is 0 Å². The van der Waals surface area contributed by atoms with Crippen LogP contribution in [-0.2, 0) is 0 Å². The molecule has 28 heavy (non-hydrogen) atoms. The summed E-state index contributed by atoms with van der Waals surface area (Å²) in [6.45, 7) is 7.23. The van der Waals surface area contributed by atoms with Gasteiger partial charge in [0.1, 0.15) is 0 Å². The molecular formula is C24H42O4. The predicted octanol–water partition coefficient (Wildman–Crippen LogP) is 3.36. The van der Waals surface area contributed by atoms with Crippen LogP contribution in [0.2, 0.25) is 0 Å². The second-order valence-corrected chi connectivity index (χ2v) is 11.4. The minimum atomic E-state index is -0.308. The molecule has 4 aliphatic carbocycles. The molecule has 0 aromatic heterocycles. The van der Waals surface area contributed by atoms with E-state index in [1.54, 1.807) is 0 Å². The van der Waals surface area contributed by atoms with Gasteiger partial charge in [0.05, 0.1) is 18.3 Å². The third-order valence-corrected chi connectivity index (χ3v) is 10.3. The summed E-state index contributed by atoms with van der Waals surface area (Å²) in [5, 5.41) is 42.2. The topological polar surface area (TPSA) is 80.9 Å². The van der Waals surface area contributed by atoms with Crippen LogP contribution in [0.3, 0.4) is 0 Å². The molecule has 4 aliphatic rings. The van der Waals surface area contributed by atoms with E-state index in [-0.39, 0.29) is 35.7 Å². The maximum absolute atomic E-state index is 11.5. The molecule has 0 radical (unpaired) electrons. The van der Waals surface area contributed by atoms with Crippen molar-refractivity contribution in [2.75, 3.05) is 6.61 Å². The zero-order valence-electron chi connectivity index (χ0n) is 18.1. The lowest BCUT2D eigenvalue weighted by Crippen LogP contribution is -2.62. The minimum absolute atomic E-state index is 0.117. The predicted molar refractivity (Wildman–Crippen MR) is 109 cm³/mol. The van der Waals surface area contributed by atoms with Crippen molar-refractivity contribution in [2.45, 2.75) is 96.9 Å². The molecular weight excluding hydrogens is 352 g/mol. The molecule has 4 N–H and O–H groups in total. The van der Waals surface area contributed by atoms with E-state index >= 15 is 0 Å². The Morgan fingerprint density at radius 1 is 0.964 bits per heavy atom. The lowest BCUT2D eigenvalue weighted by molar-refractivity contribution is -0.207. The second-order valence-electron chi connectivity index (χ2n) is 11.4. The van der Waals surface area contributed by atoms with Crippen LogP contribution in [0.1, 0.15) is 78.6 Å². The van der Waals surface area contributed by atoms with Crippen LogP contribution >= 0.6 is 0 Å². The molecule has 4 fully saturated rings. The number of aliphatic hydroxyl groups excluding tert-OH is 4. The fourth-order valence-electron chi connectivity index (χ4n) is 8.75. The van der Waals surface area contributed by atoms with E-state index in [0.717, 1.165) is 57.8 Å². The van der Waals surface area contributed by atoms with Crippen LogP contribution in [0.5, 0.6) is 0 Å². The summed E-state index contributed by atoms with van der Waals surface area (Å²) in [7, 11) is 0. The first-order valence-corrected chi connectivity index (χ1v) is 11.9. The average molecular weight is 395 g/mol. The zero-order valence-corrected chi connectivity index (χ0v) is 18.1. The molecule has 11 atom stereocenters. The molecule has 4 nitrogen and oxygen atoms in total. The molecule has 0 aromatic carbocycles.